The molecule has 2 aromatic heterocycles. The van der Waals surface area contributed by atoms with Crippen molar-refractivity contribution in [2.45, 2.75) is 32.3 Å². The Balaban J connectivity index is 1.60. The maximum Gasteiger partial charge on any atom is 0.161 e. The molecule has 6 nitrogen and oxygen atoms in total. The van der Waals surface area contributed by atoms with Gasteiger partial charge in [0.05, 0.1) is 6.10 Å². The molecule has 1 fully saturated rings. The van der Waals surface area contributed by atoms with Crippen molar-refractivity contribution in [3.63, 3.8) is 0 Å². The summed E-state index contributed by atoms with van der Waals surface area (Å²) in [6.07, 6.45) is 6.60. The van der Waals surface area contributed by atoms with Crippen LogP contribution in [0.3, 0.4) is 0 Å². The lowest BCUT2D eigenvalue weighted by molar-refractivity contribution is 0.122. The average molecular weight is 339 g/mol. The minimum atomic E-state index is -0.270. The first-order valence-corrected chi connectivity index (χ1v) is 9.16. The molecule has 2 aromatic rings. The van der Waals surface area contributed by atoms with Crippen molar-refractivity contribution in [3.05, 3.63) is 35.8 Å². The van der Waals surface area contributed by atoms with Crippen LogP contribution in [0.1, 0.15) is 24.6 Å². The normalized spacial score (nSPS) is 19.0. The summed E-state index contributed by atoms with van der Waals surface area (Å²) in [7, 11) is 0. The zero-order valence-electron chi connectivity index (χ0n) is 14.7. The molecule has 0 aromatic carbocycles. The van der Waals surface area contributed by atoms with Gasteiger partial charge in [-0.3, -0.25) is 9.88 Å². The number of β-amino-alcohol motifs (C(OH)–C–C–N with tert-alkyl or cyclic N) is 1. The van der Waals surface area contributed by atoms with E-state index in [-0.39, 0.29) is 6.10 Å². The Morgan fingerprint density at radius 1 is 1.08 bits per heavy atom. The van der Waals surface area contributed by atoms with E-state index >= 15 is 0 Å². The van der Waals surface area contributed by atoms with E-state index in [1.807, 2.05) is 19.1 Å². The van der Waals surface area contributed by atoms with Crippen LogP contribution in [0.5, 0.6) is 0 Å². The summed E-state index contributed by atoms with van der Waals surface area (Å²) in [6, 6.07) is 3.95. The number of aliphatic hydroxyl groups excluding tert-OH is 1. The SMILES string of the molecule is C[C@H](O)CN1CCN(c2nc(-c3ccncc3)nc3c2CCC3)CC1. The van der Waals surface area contributed by atoms with Crippen molar-refractivity contribution in [2.24, 2.45) is 0 Å². The lowest BCUT2D eigenvalue weighted by Gasteiger charge is -2.36. The van der Waals surface area contributed by atoms with E-state index in [0.29, 0.717) is 0 Å². The Morgan fingerprint density at radius 3 is 2.56 bits per heavy atom. The molecule has 0 amide bonds. The van der Waals surface area contributed by atoms with Crippen LogP contribution >= 0.6 is 0 Å². The van der Waals surface area contributed by atoms with Crippen molar-refractivity contribution in [1.82, 2.24) is 19.9 Å². The predicted molar refractivity (Wildman–Crippen MR) is 97.6 cm³/mol. The van der Waals surface area contributed by atoms with Gasteiger partial charge in [-0.2, -0.15) is 0 Å². The fourth-order valence-electron chi connectivity index (χ4n) is 3.82. The number of fused-ring (bicyclic) bond motifs is 1. The molecule has 2 aliphatic rings. The number of hydrogen-bond donors (Lipinski definition) is 1. The molecule has 0 bridgehead atoms. The number of rotatable bonds is 4. The molecule has 1 N–H and O–H groups in total. The van der Waals surface area contributed by atoms with Gasteiger partial charge in [0.2, 0.25) is 0 Å². The van der Waals surface area contributed by atoms with Crippen molar-refractivity contribution in [3.8, 4) is 11.4 Å². The van der Waals surface area contributed by atoms with Gasteiger partial charge < -0.3 is 10.0 Å². The molecule has 0 spiro atoms. The van der Waals surface area contributed by atoms with Gasteiger partial charge in [0.25, 0.3) is 0 Å². The average Bonchev–Trinajstić information content (AvgIpc) is 3.10. The van der Waals surface area contributed by atoms with Crippen LogP contribution in [0.25, 0.3) is 11.4 Å². The van der Waals surface area contributed by atoms with Gasteiger partial charge in [-0.25, -0.2) is 9.97 Å². The summed E-state index contributed by atoms with van der Waals surface area (Å²) in [4.78, 5) is 18.6. The molecule has 1 atom stereocenters. The first-order valence-electron chi connectivity index (χ1n) is 9.16. The number of hydrogen-bond acceptors (Lipinski definition) is 6. The van der Waals surface area contributed by atoms with E-state index in [9.17, 15) is 5.11 Å². The van der Waals surface area contributed by atoms with Crippen LogP contribution in [-0.2, 0) is 12.8 Å². The van der Waals surface area contributed by atoms with E-state index < -0.39 is 0 Å². The first-order chi connectivity index (χ1) is 12.2. The molecule has 25 heavy (non-hydrogen) atoms. The van der Waals surface area contributed by atoms with Gasteiger partial charge in [0.1, 0.15) is 5.82 Å². The van der Waals surface area contributed by atoms with Crippen LogP contribution in [0.4, 0.5) is 5.82 Å². The summed E-state index contributed by atoms with van der Waals surface area (Å²) in [5.74, 6) is 1.93. The lowest BCUT2D eigenvalue weighted by atomic mass is 10.1. The Bertz CT molecular complexity index is 726. The predicted octanol–water partition coefficient (Wildman–Crippen LogP) is 1.53. The molecule has 1 aliphatic heterocycles. The van der Waals surface area contributed by atoms with Crippen molar-refractivity contribution in [2.75, 3.05) is 37.6 Å². The van der Waals surface area contributed by atoms with E-state index in [1.165, 1.54) is 17.7 Å². The van der Waals surface area contributed by atoms with E-state index in [1.54, 1.807) is 12.4 Å². The molecule has 3 heterocycles. The second-order valence-corrected chi connectivity index (χ2v) is 7.02. The fraction of sp³-hybridized carbons (Fsp3) is 0.526. The van der Waals surface area contributed by atoms with Gasteiger partial charge in [-0.1, -0.05) is 0 Å². The Kier molecular flexibility index (Phi) is 4.63. The van der Waals surface area contributed by atoms with E-state index in [2.05, 4.69) is 14.8 Å². The number of piperazine rings is 1. The molecular formula is C19H25N5O. The van der Waals surface area contributed by atoms with Crippen molar-refractivity contribution in [1.29, 1.82) is 0 Å². The third kappa shape index (κ3) is 3.50. The van der Waals surface area contributed by atoms with Gasteiger partial charge in [0.15, 0.2) is 5.82 Å². The fourth-order valence-corrected chi connectivity index (χ4v) is 3.82. The summed E-state index contributed by atoms with van der Waals surface area (Å²) >= 11 is 0. The summed E-state index contributed by atoms with van der Waals surface area (Å²) in [5, 5.41) is 9.60. The van der Waals surface area contributed by atoms with E-state index in [4.69, 9.17) is 9.97 Å². The van der Waals surface area contributed by atoms with Crippen LogP contribution in [0.2, 0.25) is 0 Å². The van der Waals surface area contributed by atoms with Crippen LogP contribution < -0.4 is 4.90 Å². The Morgan fingerprint density at radius 2 is 1.84 bits per heavy atom. The molecule has 1 aliphatic carbocycles. The van der Waals surface area contributed by atoms with Crippen molar-refractivity contribution < 1.29 is 5.11 Å². The quantitative estimate of drug-likeness (QED) is 0.911. The van der Waals surface area contributed by atoms with Crippen LogP contribution in [0, 0.1) is 0 Å². The number of aliphatic hydroxyl groups is 1. The molecule has 0 saturated carbocycles. The zero-order chi connectivity index (χ0) is 17.2. The Labute approximate surface area is 148 Å². The molecule has 0 radical (unpaired) electrons. The molecule has 6 heteroatoms. The highest BCUT2D eigenvalue weighted by molar-refractivity contribution is 5.61. The van der Waals surface area contributed by atoms with Gasteiger partial charge in [-0.05, 0) is 38.3 Å². The smallest absolute Gasteiger partial charge is 0.161 e. The minimum absolute atomic E-state index is 0.270. The summed E-state index contributed by atoms with van der Waals surface area (Å²) < 4.78 is 0. The van der Waals surface area contributed by atoms with Crippen LogP contribution in [0.15, 0.2) is 24.5 Å². The standard InChI is InChI=1S/C19H25N5O/c1-14(25)13-23-9-11-24(12-10-23)19-16-3-2-4-17(16)21-18(22-19)15-5-7-20-8-6-15/h5-8,14,25H,2-4,9-13H2,1H3/t14-/m0/s1. The molecular weight excluding hydrogens is 314 g/mol. The largest absolute Gasteiger partial charge is 0.392 e. The topological polar surface area (TPSA) is 65.4 Å². The van der Waals surface area contributed by atoms with Gasteiger partial charge in [0, 0.05) is 61.9 Å². The van der Waals surface area contributed by atoms with Gasteiger partial charge in [-0.15, -0.1) is 0 Å². The maximum absolute atomic E-state index is 9.60. The lowest BCUT2D eigenvalue weighted by Crippen LogP contribution is -2.48. The highest BCUT2D eigenvalue weighted by Gasteiger charge is 2.26. The van der Waals surface area contributed by atoms with E-state index in [0.717, 1.165) is 62.8 Å². The molecule has 4 rings (SSSR count). The second-order valence-electron chi connectivity index (χ2n) is 7.02. The van der Waals surface area contributed by atoms with Crippen molar-refractivity contribution >= 4 is 5.82 Å². The maximum atomic E-state index is 9.60. The second kappa shape index (κ2) is 7.06. The number of aromatic nitrogens is 3. The molecule has 0 unspecified atom stereocenters. The van der Waals surface area contributed by atoms with Gasteiger partial charge >= 0.3 is 0 Å². The highest BCUT2D eigenvalue weighted by atomic mass is 16.3. The third-order valence-corrected chi connectivity index (χ3v) is 5.04. The first kappa shape index (κ1) is 16.4. The number of pyridine rings is 1. The zero-order valence-corrected chi connectivity index (χ0v) is 14.7. The molecule has 132 valence electrons. The summed E-state index contributed by atoms with van der Waals surface area (Å²) in [5.41, 5.74) is 3.57. The third-order valence-electron chi connectivity index (χ3n) is 5.04. The molecule has 1 saturated heterocycles. The Hall–Kier alpha value is -2.05. The number of nitrogens with zero attached hydrogens (tertiary/aromatic N) is 5. The summed E-state index contributed by atoms with van der Waals surface area (Å²) in [6.45, 7) is 6.43. The monoisotopic (exact) mass is 339 g/mol. The van der Waals surface area contributed by atoms with Crippen LogP contribution in [-0.4, -0.2) is 63.8 Å². The highest BCUT2D eigenvalue weighted by Crippen LogP contribution is 2.31. The number of aryl methyl sites for hydroxylation is 1. The number of anilines is 1. The minimum Gasteiger partial charge on any atom is -0.392 e.